The molecule has 6 nitrogen and oxygen atoms in total. The number of thioether (sulfide) groups is 1. The van der Waals surface area contributed by atoms with E-state index in [-0.39, 0.29) is 46.5 Å². The maximum absolute atomic E-state index is 14.4. The summed E-state index contributed by atoms with van der Waals surface area (Å²) >= 11 is 1.44. The molecule has 0 saturated carbocycles. The van der Waals surface area contributed by atoms with Crippen LogP contribution >= 0.6 is 11.8 Å². The smallest absolute Gasteiger partial charge is 0.240 e. The number of amides is 2. The zero-order valence-corrected chi connectivity index (χ0v) is 23.2. The first-order valence-electron chi connectivity index (χ1n) is 12.6. The van der Waals surface area contributed by atoms with Crippen LogP contribution in [0.3, 0.4) is 0 Å². The van der Waals surface area contributed by atoms with E-state index >= 15 is 0 Å². The Bertz CT molecular complexity index is 1310. The molecule has 0 radical (unpaired) electrons. The van der Waals surface area contributed by atoms with Gasteiger partial charge in [0.15, 0.2) is 0 Å². The van der Waals surface area contributed by atoms with E-state index in [1.807, 2.05) is 51.1 Å². The van der Waals surface area contributed by atoms with Crippen LogP contribution in [0.4, 0.5) is 10.2 Å². The number of benzene rings is 2. The molecule has 4 rings (SSSR count). The molecule has 1 aliphatic heterocycles. The molecule has 0 fully saturated rings. The zero-order valence-electron chi connectivity index (χ0n) is 22.3. The number of rotatable bonds is 6. The van der Waals surface area contributed by atoms with Crippen molar-refractivity contribution in [3.8, 4) is 5.69 Å². The lowest BCUT2D eigenvalue weighted by Gasteiger charge is -2.24. The van der Waals surface area contributed by atoms with Gasteiger partial charge >= 0.3 is 0 Å². The van der Waals surface area contributed by atoms with Gasteiger partial charge in [0.1, 0.15) is 18.2 Å². The summed E-state index contributed by atoms with van der Waals surface area (Å²) in [5.41, 5.74) is 3.90. The van der Waals surface area contributed by atoms with Crippen molar-refractivity contribution >= 4 is 29.4 Å². The molecule has 1 unspecified atom stereocenters. The van der Waals surface area contributed by atoms with Gasteiger partial charge in [0.2, 0.25) is 11.8 Å². The molecular formula is C29H35FN4O2S. The van der Waals surface area contributed by atoms with E-state index in [9.17, 15) is 14.0 Å². The summed E-state index contributed by atoms with van der Waals surface area (Å²) in [4.78, 5) is 28.2. The SMILES string of the molecule is Cc1cccc(-n2nc(C(C)(C)C)c3c2N(CC(=O)NCC(C)C)C(=O)CSC3c2cccc(F)c2)c1. The number of hydrogen-bond acceptors (Lipinski definition) is 4. The molecule has 0 spiro atoms. The lowest BCUT2D eigenvalue weighted by molar-refractivity contribution is -0.123. The third-order valence-electron chi connectivity index (χ3n) is 6.21. The minimum atomic E-state index is -0.371. The summed E-state index contributed by atoms with van der Waals surface area (Å²) in [5.74, 6) is 0.279. The molecule has 0 aliphatic carbocycles. The number of carbonyl (C=O) groups excluding carboxylic acids is 2. The largest absolute Gasteiger partial charge is 0.354 e. The third kappa shape index (κ3) is 5.90. The van der Waals surface area contributed by atoms with Gasteiger partial charge in [-0.3, -0.25) is 14.5 Å². The molecule has 1 N–H and O–H groups in total. The highest BCUT2D eigenvalue weighted by Crippen LogP contribution is 2.48. The highest BCUT2D eigenvalue weighted by Gasteiger charge is 2.40. The van der Waals surface area contributed by atoms with E-state index in [1.54, 1.807) is 15.6 Å². The average Bonchev–Trinajstić information content (AvgIpc) is 3.16. The maximum atomic E-state index is 14.4. The van der Waals surface area contributed by atoms with Crippen molar-refractivity contribution in [3.05, 3.63) is 76.7 Å². The standard InChI is InChI=1S/C29H35FN4O2S/c1-18(2)15-31-23(35)16-33-24(36)17-37-26(20-10-8-11-21(30)14-20)25-27(29(4,5)6)32-34(28(25)33)22-12-7-9-19(3)13-22/h7-14,18,26H,15-17H2,1-6H3,(H,31,35). The molecule has 1 aliphatic rings. The molecule has 0 bridgehead atoms. The Labute approximate surface area is 222 Å². The number of hydrogen-bond donors (Lipinski definition) is 1. The van der Waals surface area contributed by atoms with Gasteiger partial charge in [-0.25, -0.2) is 9.07 Å². The Balaban J connectivity index is 1.98. The fraction of sp³-hybridized carbons (Fsp3) is 0.414. The fourth-order valence-electron chi connectivity index (χ4n) is 4.46. The second-order valence-electron chi connectivity index (χ2n) is 11.0. The van der Waals surface area contributed by atoms with Gasteiger partial charge in [0.25, 0.3) is 0 Å². The van der Waals surface area contributed by atoms with Crippen molar-refractivity contribution in [2.45, 2.75) is 52.2 Å². The van der Waals surface area contributed by atoms with Crippen molar-refractivity contribution in [1.29, 1.82) is 0 Å². The summed E-state index contributed by atoms with van der Waals surface area (Å²) in [6.07, 6.45) is 0. The van der Waals surface area contributed by atoms with E-state index in [0.717, 1.165) is 28.1 Å². The summed E-state index contributed by atoms with van der Waals surface area (Å²) in [6.45, 7) is 12.7. The Morgan fingerprint density at radius 1 is 1.19 bits per heavy atom. The van der Waals surface area contributed by atoms with Crippen LogP contribution in [0.5, 0.6) is 0 Å². The summed E-state index contributed by atoms with van der Waals surface area (Å²) in [5, 5.41) is 7.67. The number of anilines is 1. The first-order chi connectivity index (χ1) is 17.5. The average molecular weight is 523 g/mol. The van der Waals surface area contributed by atoms with Gasteiger partial charge in [0, 0.05) is 17.5 Å². The predicted octanol–water partition coefficient (Wildman–Crippen LogP) is 5.56. The molecule has 37 heavy (non-hydrogen) atoms. The number of nitrogens with zero attached hydrogens (tertiary/aromatic N) is 3. The molecule has 3 aromatic rings. The van der Waals surface area contributed by atoms with Gasteiger partial charge in [-0.1, -0.05) is 58.9 Å². The number of carbonyl (C=O) groups is 2. The molecule has 2 aromatic carbocycles. The Morgan fingerprint density at radius 3 is 2.57 bits per heavy atom. The van der Waals surface area contributed by atoms with Crippen LogP contribution in [0.2, 0.25) is 0 Å². The van der Waals surface area contributed by atoms with Crippen molar-refractivity contribution in [2.75, 3.05) is 23.7 Å². The third-order valence-corrected chi connectivity index (χ3v) is 7.46. The lowest BCUT2D eigenvalue weighted by Crippen LogP contribution is -2.43. The zero-order chi connectivity index (χ0) is 26.9. The molecular weight excluding hydrogens is 487 g/mol. The van der Waals surface area contributed by atoms with Gasteiger partial charge in [0.05, 0.1) is 22.4 Å². The molecule has 2 heterocycles. The normalized spacial score (nSPS) is 16.1. The second-order valence-corrected chi connectivity index (χ2v) is 12.1. The van der Waals surface area contributed by atoms with Crippen LogP contribution in [-0.4, -0.2) is 40.4 Å². The van der Waals surface area contributed by atoms with E-state index in [4.69, 9.17) is 5.10 Å². The van der Waals surface area contributed by atoms with Crippen LogP contribution < -0.4 is 10.2 Å². The number of halogens is 1. The highest BCUT2D eigenvalue weighted by molar-refractivity contribution is 8.00. The Kier molecular flexibility index (Phi) is 7.78. The highest BCUT2D eigenvalue weighted by atomic mass is 32.2. The second kappa shape index (κ2) is 10.7. The Morgan fingerprint density at radius 2 is 1.92 bits per heavy atom. The van der Waals surface area contributed by atoms with Crippen LogP contribution in [0.1, 0.15) is 62.3 Å². The molecule has 1 atom stereocenters. The molecule has 196 valence electrons. The Hall–Kier alpha value is -3.13. The van der Waals surface area contributed by atoms with Crippen molar-refractivity contribution in [3.63, 3.8) is 0 Å². The summed E-state index contributed by atoms with van der Waals surface area (Å²) in [7, 11) is 0. The van der Waals surface area contributed by atoms with Gasteiger partial charge < -0.3 is 5.32 Å². The van der Waals surface area contributed by atoms with Crippen LogP contribution in [0, 0.1) is 18.7 Å². The molecule has 8 heteroatoms. The number of aryl methyl sites for hydroxylation is 1. The first-order valence-corrected chi connectivity index (χ1v) is 13.6. The number of nitrogens with one attached hydrogen (secondary N) is 1. The fourth-order valence-corrected chi connectivity index (χ4v) is 5.65. The van der Waals surface area contributed by atoms with Crippen molar-refractivity contribution in [1.82, 2.24) is 15.1 Å². The van der Waals surface area contributed by atoms with Gasteiger partial charge in [-0.05, 0) is 48.2 Å². The summed E-state index contributed by atoms with van der Waals surface area (Å²) in [6, 6.07) is 14.4. The van der Waals surface area contributed by atoms with E-state index < -0.39 is 0 Å². The number of aromatic nitrogens is 2. The molecule has 1 aromatic heterocycles. The van der Waals surface area contributed by atoms with Gasteiger partial charge in [-0.15, -0.1) is 11.8 Å². The van der Waals surface area contributed by atoms with Crippen molar-refractivity contribution in [2.24, 2.45) is 5.92 Å². The van der Waals surface area contributed by atoms with E-state index in [1.165, 1.54) is 23.9 Å². The molecule has 2 amide bonds. The van der Waals surface area contributed by atoms with Gasteiger partial charge in [-0.2, -0.15) is 5.10 Å². The number of fused-ring (bicyclic) bond motifs is 1. The quantitative estimate of drug-likeness (QED) is 0.460. The lowest BCUT2D eigenvalue weighted by atomic mass is 9.87. The predicted molar refractivity (Wildman–Crippen MR) is 148 cm³/mol. The van der Waals surface area contributed by atoms with Crippen LogP contribution in [0.25, 0.3) is 5.69 Å². The minimum absolute atomic E-state index is 0.115. The molecule has 0 saturated heterocycles. The van der Waals surface area contributed by atoms with Crippen LogP contribution in [-0.2, 0) is 15.0 Å². The van der Waals surface area contributed by atoms with E-state index in [2.05, 4.69) is 26.1 Å². The van der Waals surface area contributed by atoms with Crippen molar-refractivity contribution < 1.29 is 14.0 Å². The van der Waals surface area contributed by atoms with Crippen LogP contribution in [0.15, 0.2) is 48.5 Å². The summed E-state index contributed by atoms with van der Waals surface area (Å²) < 4.78 is 16.2. The maximum Gasteiger partial charge on any atom is 0.240 e. The topological polar surface area (TPSA) is 67.2 Å². The first kappa shape index (κ1) is 26.9. The minimum Gasteiger partial charge on any atom is -0.354 e. The monoisotopic (exact) mass is 522 g/mol. The van der Waals surface area contributed by atoms with E-state index in [0.29, 0.717) is 12.4 Å².